The van der Waals surface area contributed by atoms with Gasteiger partial charge in [-0.25, -0.2) is 4.57 Å². The molecule has 0 aromatic rings. The van der Waals surface area contributed by atoms with Crippen molar-refractivity contribution < 1.29 is 18.1 Å². The SMILES string of the molecule is CCCCCCCCC(CCCCCCCC)(CCCCCCCC)OP(=O)(OC(CCCCCCCC)(CCCCCCCC)CCCCCCCC)OC(CCCCCCCC)(CCCCCCCC)CCCCCCCC. The molecule has 482 valence electrons. The fourth-order valence-corrected chi connectivity index (χ4v) is 15.7. The summed E-state index contributed by atoms with van der Waals surface area (Å²) in [7, 11) is -4.18. The number of phosphoric ester groups is 1. The quantitative estimate of drug-likeness (QED) is 0.0450. The Bertz CT molecular complexity index is 981. The predicted octanol–water partition coefficient (Wildman–Crippen LogP) is 29.1. The molecule has 0 aliphatic heterocycles. The molecule has 0 aliphatic rings. The maximum Gasteiger partial charge on any atom is 0.476 e. The molecule has 0 fully saturated rings. The first kappa shape index (κ1) is 80.1. The lowest BCUT2D eigenvalue weighted by Crippen LogP contribution is -2.40. The first-order valence-corrected chi connectivity index (χ1v) is 39.3. The molecule has 0 heterocycles. The van der Waals surface area contributed by atoms with Gasteiger partial charge in [0, 0.05) is 0 Å². The third-order valence-corrected chi connectivity index (χ3v) is 20.6. The van der Waals surface area contributed by atoms with Crippen LogP contribution in [0.15, 0.2) is 0 Å². The molecule has 0 saturated carbocycles. The first-order valence-electron chi connectivity index (χ1n) is 37.9. The highest BCUT2D eigenvalue weighted by atomic mass is 31.2. The maximum absolute atomic E-state index is 17.8. The second-order valence-electron chi connectivity index (χ2n) is 26.9. The highest BCUT2D eigenvalue weighted by molar-refractivity contribution is 7.48. The smallest absolute Gasteiger partial charge is 0.280 e. The predicted molar refractivity (Wildman–Crippen MR) is 361 cm³/mol. The number of rotatable bonds is 69. The first-order chi connectivity index (χ1) is 39.2. The monoisotopic (exact) mass is 1150 g/mol. The van der Waals surface area contributed by atoms with Gasteiger partial charge < -0.3 is 0 Å². The summed E-state index contributed by atoms with van der Waals surface area (Å²) in [5.74, 6) is 0. The zero-order chi connectivity index (χ0) is 58.7. The van der Waals surface area contributed by atoms with Crippen molar-refractivity contribution in [3.05, 3.63) is 0 Å². The van der Waals surface area contributed by atoms with Crippen LogP contribution in [0.25, 0.3) is 0 Å². The summed E-state index contributed by atoms with van der Waals surface area (Å²) in [5.41, 5.74) is -1.52. The van der Waals surface area contributed by atoms with Crippen molar-refractivity contribution in [3.8, 4) is 0 Å². The van der Waals surface area contributed by atoms with E-state index in [0.29, 0.717) is 0 Å². The van der Waals surface area contributed by atoms with E-state index in [1.165, 1.54) is 289 Å². The van der Waals surface area contributed by atoms with Crippen molar-refractivity contribution in [2.24, 2.45) is 0 Å². The molecule has 0 rings (SSSR count). The molecule has 0 atom stereocenters. The Labute approximate surface area is 507 Å². The van der Waals surface area contributed by atoms with E-state index in [-0.39, 0.29) is 0 Å². The molecule has 0 spiro atoms. The van der Waals surface area contributed by atoms with Crippen LogP contribution < -0.4 is 0 Å². The summed E-state index contributed by atoms with van der Waals surface area (Å²) in [5, 5.41) is 0. The van der Waals surface area contributed by atoms with Gasteiger partial charge in [-0.05, 0) is 57.8 Å². The van der Waals surface area contributed by atoms with Crippen LogP contribution in [-0.2, 0) is 18.1 Å². The lowest BCUT2D eigenvalue weighted by molar-refractivity contribution is -0.0910. The van der Waals surface area contributed by atoms with E-state index in [2.05, 4.69) is 62.3 Å². The van der Waals surface area contributed by atoms with Gasteiger partial charge in [0.05, 0.1) is 16.8 Å². The van der Waals surface area contributed by atoms with Gasteiger partial charge in [-0.15, -0.1) is 0 Å². The summed E-state index contributed by atoms with van der Waals surface area (Å²) in [6, 6.07) is 0. The zero-order valence-electron chi connectivity index (χ0n) is 57.1. The van der Waals surface area contributed by atoms with Crippen LogP contribution in [0.1, 0.15) is 467 Å². The molecular weight excluding hydrogens is 996 g/mol. The topological polar surface area (TPSA) is 44.8 Å². The molecule has 5 heteroatoms. The maximum atomic E-state index is 17.8. The van der Waals surface area contributed by atoms with Crippen LogP contribution in [0.5, 0.6) is 0 Å². The van der Waals surface area contributed by atoms with Crippen LogP contribution in [0.3, 0.4) is 0 Å². The van der Waals surface area contributed by atoms with Gasteiger partial charge in [-0.3, -0.25) is 13.6 Å². The average molecular weight is 1150 g/mol. The van der Waals surface area contributed by atoms with E-state index in [4.69, 9.17) is 13.6 Å². The van der Waals surface area contributed by atoms with Crippen molar-refractivity contribution in [3.63, 3.8) is 0 Å². The molecule has 0 unspecified atom stereocenters. The molecule has 0 amide bonds. The Morgan fingerprint density at radius 3 is 0.388 bits per heavy atom. The third kappa shape index (κ3) is 47.3. The standard InChI is InChI=1S/C75H153O4P/c1-10-19-28-37-46-55-64-73(65-56-47-38-29-20-11-2,66-57-48-39-30-21-12-3)77-80(76,78-74(67-58-49-40-31-22-13-4,68-59-50-41-32-23-14-5)69-60-51-42-33-24-15-6)79-75(70-61-52-43-34-25-16-7,71-62-53-44-35-26-17-8)72-63-54-45-36-27-18-9/h10-72H2,1-9H3. The van der Waals surface area contributed by atoms with Crippen LogP contribution in [-0.4, -0.2) is 16.8 Å². The summed E-state index contributed by atoms with van der Waals surface area (Å²) in [6.07, 6.45) is 77.2. The number of hydrogen-bond acceptors (Lipinski definition) is 4. The second-order valence-corrected chi connectivity index (χ2v) is 28.4. The number of hydrogen-bond donors (Lipinski definition) is 0. The molecule has 0 aliphatic carbocycles. The lowest BCUT2D eigenvalue weighted by Gasteiger charge is -2.45. The molecule has 80 heavy (non-hydrogen) atoms. The summed E-state index contributed by atoms with van der Waals surface area (Å²) in [6.45, 7) is 21.1. The van der Waals surface area contributed by atoms with Gasteiger partial charge >= 0.3 is 7.82 Å². The Morgan fingerprint density at radius 1 is 0.175 bits per heavy atom. The van der Waals surface area contributed by atoms with Crippen molar-refractivity contribution >= 4 is 7.82 Å². The van der Waals surface area contributed by atoms with E-state index in [0.717, 1.165) is 116 Å². The zero-order valence-corrected chi connectivity index (χ0v) is 58.0. The Kier molecular flexibility index (Phi) is 59.5. The van der Waals surface area contributed by atoms with Crippen molar-refractivity contribution in [1.82, 2.24) is 0 Å². The fourth-order valence-electron chi connectivity index (χ4n) is 13.4. The van der Waals surface area contributed by atoms with E-state index in [9.17, 15) is 0 Å². The van der Waals surface area contributed by atoms with Gasteiger partial charge in [0.2, 0.25) is 0 Å². The van der Waals surface area contributed by atoms with E-state index < -0.39 is 24.6 Å². The van der Waals surface area contributed by atoms with Crippen molar-refractivity contribution in [1.29, 1.82) is 0 Å². The van der Waals surface area contributed by atoms with Crippen LogP contribution >= 0.6 is 7.82 Å². The lowest BCUT2D eigenvalue weighted by atomic mass is 9.85. The Morgan fingerprint density at radius 2 is 0.275 bits per heavy atom. The second kappa shape index (κ2) is 59.4. The van der Waals surface area contributed by atoms with Crippen LogP contribution in [0, 0.1) is 0 Å². The summed E-state index contributed by atoms with van der Waals surface area (Å²) < 4.78 is 42.0. The van der Waals surface area contributed by atoms with Gasteiger partial charge in [0.1, 0.15) is 0 Å². The molecular formula is C75H153O4P. The van der Waals surface area contributed by atoms with Gasteiger partial charge in [0.25, 0.3) is 0 Å². The fraction of sp³-hybridized carbons (Fsp3) is 1.00. The molecule has 0 aromatic heterocycles. The van der Waals surface area contributed by atoms with E-state index >= 15 is 4.57 Å². The van der Waals surface area contributed by atoms with Gasteiger partial charge in [-0.1, -0.05) is 409 Å². The average Bonchev–Trinajstić information content (AvgIpc) is 3.47. The van der Waals surface area contributed by atoms with Crippen LogP contribution in [0.2, 0.25) is 0 Å². The van der Waals surface area contributed by atoms with Crippen molar-refractivity contribution in [2.45, 2.75) is 484 Å². The van der Waals surface area contributed by atoms with Gasteiger partial charge in [0.15, 0.2) is 0 Å². The summed E-state index contributed by atoms with van der Waals surface area (Å²) >= 11 is 0. The number of phosphoric acid groups is 1. The number of unbranched alkanes of at least 4 members (excludes halogenated alkanes) is 45. The Hall–Kier alpha value is 0.110. The largest absolute Gasteiger partial charge is 0.476 e. The highest BCUT2D eigenvalue weighted by Gasteiger charge is 2.50. The molecule has 0 radical (unpaired) electrons. The van der Waals surface area contributed by atoms with Crippen molar-refractivity contribution in [2.75, 3.05) is 0 Å². The molecule has 0 bridgehead atoms. The normalized spacial score (nSPS) is 12.7. The minimum absolute atomic E-state index is 0.506. The molecule has 0 aromatic carbocycles. The minimum atomic E-state index is -4.18. The minimum Gasteiger partial charge on any atom is -0.280 e. The van der Waals surface area contributed by atoms with Gasteiger partial charge in [-0.2, -0.15) is 0 Å². The molecule has 0 saturated heterocycles. The highest BCUT2D eigenvalue weighted by Crippen LogP contribution is 2.64. The molecule has 4 nitrogen and oxygen atoms in total. The Balaban J connectivity index is 8.44. The van der Waals surface area contributed by atoms with E-state index in [1.807, 2.05) is 0 Å². The molecule has 0 N–H and O–H groups in total. The summed E-state index contributed by atoms with van der Waals surface area (Å²) in [4.78, 5) is 0. The van der Waals surface area contributed by atoms with Crippen LogP contribution in [0.4, 0.5) is 0 Å². The third-order valence-electron chi connectivity index (χ3n) is 18.8. The van der Waals surface area contributed by atoms with E-state index in [1.54, 1.807) is 0 Å².